The normalized spacial score (nSPS) is 12.6. The number of imidazole rings is 1. The van der Waals surface area contributed by atoms with Gasteiger partial charge in [0.05, 0.1) is 21.8 Å². The Morgan fingerprint density at radius 1 is 1.30 bits per heavy atom. The minimum atomic E-state index is 0.0254. The van der Waals surface area contributed by atoms with Crippen molar-refractivity contribution in [3.8, 4) is 0 Å². The molecule has 0 aliphatic heterocycles. The van der Waals surface area contributed by atoms with Gasteiger partial charge in [-0.15, -0.1) is 0 Å². The fraction of sp³-hybridized carbons (Fsp3) is 0.429. The van der Waals surface area contributed by atoms with Gasteiger partial charge in [-0.2, -0.15) is 0 Å². The van der Waals surface area contributed by atoms with Gasteiger partial charge in [0.15, 0.2) is 0 Å². The lowest BCUT2D eigenvalue weighted by Gasteiger charge is -2.19. The van der Waals surface area contributed by atoms with Crippen molar-refractivity contribution in [1.29, 1.82) is 0 Å². The van der Waals surface area contributed by atoms with Crippen molar-refractivity contribution in [2.75, 3.05) is 6.54 Å². The Morgan fingerprint density at radius 3 is 2.75 bits per heavy atom. The predicted molar refractivity (Wildman–Crippen MR) is 82.3 cm³/mol. The van der Waals surface area contributed by atoms with E-state index in [1.165, 1.54) is 0 Å². The topological polar surface area (TPSA) is 42.7 Å². The first-order valence-electron chi connectivity index (χ1n) is 6.70. The molecule has 0 fully saturated rings. The summed E-state index contributed by atoms with van der Waals surface area (Å²) in [4.78, 5) is 8.78. The van der Waals surface area contributed by atoms with Gasteiger partial charge in [0.25, 0.3) is 0 Å². The molecule has 20 heavy (non-hydrogen) atoms. The van der Waals surface area contributed by atoms with Gasteiger partial charge < -0.3 is 9.88 Å². The highest BCUT2D eigenvalue weighted by molar-refractivity contribution is 6.34. The maximum atomic E-state index is 6.26. The van der Waals surface area contributed by atoms with E-state index in [9.17, 15) is 0 Å². The van der Waals surface area contributed by atoms with Gasteiger partial charge in [-0.1, -0.05) is 30.1 Å². The number of hydrogen-bond donors (Lipinski definition) is 1. The maximum Gasteiger partial charge on any atom is 0.110 e. The summed E-state index contributed by atoms with van der Waals surface area (Å²) >= 11 is 12.2. The van der Waals surface area contributed by atoms with Crippen molar-refractivity contribution in [3.05, 3.63) is 46.2 Å². The van der Waals surface area contributed by atoms with E-state index in [4.69, 9.17) is 23.2 Å². The van der Waals surface area contributed by atoms with E-state index in [2.05, 4.69) is 33.7 Å². The Labute approximate surface area is 129 Å². The average molecular weight is 313 g/mol. The van der Waals surface area contributed by atoms with Crippen LogP contribution in [0, 0.1) is 0 Å². The summed E-state index contributed by atoms with van der Waals surface area (Å²) in [6.45, 7) is 5.89. The van der Waals surface area contributed by atoms with E-state index in [0.29, 0.717) is 10.0 Å². The van der Waals surface area contributed by atoms with Crippen molar-refractivity contribution in [3.63, 3.8) is 0 Å². The molecule has 0 aliphatic carbocycles. The van der Waals surface area contributed by atoms with Crippen molar-refractivity contribution >= 4 is 23.2 Å². The van der Waals surface area contributed by atoms with Crippen LogP contribution in [0.3, 0.4) is 0 Å². The van der Waals surface area contributed by atoms with Gasteiger partial charge in [-0.05, 0) is 19.5 Å². The second-order valence-electron chi connectivity index (χ2n) is 4.46. The van der Waals surface area contributed by atoms with Crippen LogP contribution in [0.5, 0.6) is 0 Å². The Kier molecular flexibility index (Phi) is 5.40. The lowest BCUT2D eigenvalue weighted by molar-refractivity contribution is 0.511. The number of nitrogens with zero attached hydrogens (tertiary/aromatic N) is 3. The van der Waals surface area contributed by atoms with Gasteiger partial charge in [0.1, 0.15) is 5.82 Å². The van der Waals surface area contributed by atoms with E-state index in [-0.39, 0.29) is 6.04 Å². The van der Waals surface area contributed by atoms with Crippen molar-refractivity contribution in [2.24, 2.45) is 0 Å². The van der Waals surface area contributed by atoms with Crippen LogP contribution in [0.2, 0.25) is 10.0 Å². The molecule has 0 spiro atoms. The maximum absolute atomic E-state index is 6.26. The molecule has 1 atom stereocenters. The van der Waals surface area contributed by atoms with Crippen LogP contribution in [0.4, 0.5) is 0 Å². The molecule has 0 bridgehead atoms. The Morgan fingerprint density at radius 2 is 2.10 bits per heavy atom. The molecule has 2 heterocycles. The minimum absolute atomic E-state index is 0.0254. The molecule has 1 N–H and O–H groups in total. The molecule has 4 nitrogen and oxygen atoms in total. The number of aromatic nitrogens is 3. The molecular formula is C14H18Cl2N4. The van der Waals surface area contributed by atoms with Crippen molar-refractivity contribution in [1.82, 2.24) is 19.9 Å². The fourth-order valence-electron chi connectivity index (χ4n) is 2.19. The van der Waals surface area contributed by atoms with E-state index in [0.717, 1.165) is 31.0 Å². The number of halogens is 2. The first-order valence-corrected chi connectivity index (χ1v) is 7.45. The summed E-state index contributed by atoms with van der Waals surface area (Å²) in [5.41, 5.74) is 0.809. The second-order valence-corrected chi connectivity index (χ2v) is 5.31. The Hall–Kier alpha value is -1.10. The number of likely N-dealkylation sites (N-methyl/N-ethyl adjacent to an activating group) is 1. The average Bonchev–Trinajstić information content (AvgIpc) is 2.85. The molecule has 6 heteroatoms. The summed E-state index contributed by atoms with van der Waals surface area (Å²) in [6, 6.07) is 1.75. The zero-order valence-electron chi connectivity index (χ0n) is 11.6. The second kappa shape index (κ2) is 7.07. The predicted octanol–water partition coefficient (Wildman–Crippen LogP) is 3.50. The van der Waals surface area contributed by atoms with Gasteiger partial charge in [-0.25, -0.2) is 4.98 Å². The van der Waals surface area contributed by atoms with Gasteiger partial charge in [0.2, 0.25) is 0 Å². The van der Waals surface area contributed by atoms with E-state index in [1.54, 1.807) is 12.3 Å². The molecule has 2 aromatic rings. The molecule has 0 amide bonds. The highest BCUT2D eigenvalue weighted by Gasteiger charge is 2.18. The molecule has 1 unspecified atom stereocenters. The zero-order chi connectivity index (χ0) is 14.5. The summed E-state index contributed by atoms with van der Waals surface area (Å²) < 4.78 is 2.12. The van der Waals surface area contributed by atoms with Crippen LogP contribution in [0.15, 0.2) is 24.7 Å². The molecule has 0 aliphatic rings. The highest BCUT2D eigenvalue weighted by atomic mass is 35.5. The molecule has 0 saturated heterocycles. The molecule has 0 aromatic carbocycles. The fourth-order valence-corrected chi connectivity index (χ4v) is 2.71. The first-order chi connectivity index (χ1) is 9.65. The van der Waals surface area contributed by atoms with E-state index < -0.39 is 0 Å². The molecule has 2 rings (SSSR count). The van der Waals surface area contributed by atoms with Crippen LogP contribution >= 0.6 is 23.2 Å². The minimum Gasteiger partial charge on any atom is -0.335 e. The number of nitrogens with one attached hydrogen (secondary N) is 1. The van der Waals surface area contributed by atoms with Crippen LogP contribution < -0.4 is 5.32 Å². The van der Waals surface area contributed by atoms with Gasteiger partial charge in [0, 0.05) is 31.6 Å². The smallest absolute Gasteiger partial charge is 0.110 e. The van der Waals surface area contributed by atoms with Gasteiger partial charge in [-0.3, -0.25) is 4.98 Å². The molecule has 108 valence electrons. The summed E-state index contributed by atoms with van der Waals surface area (Å²) in [6.07, 6.45) is 6.16. The van der Waals surface area contributed by atoms with Crippen LogP contribution in [0.1, 0.15) is 31.4 Å². The van der Waals surface area contributed by atoms with Gasteiger partial charge >= 0.3 is 0 Å². The molecule has 0 radical (unpaired) electrons. The first kappa shape index (κ1) is 15.3. The summed E-state index contributed by atoms with van der Waals surface area (Å²) in [7, 11) is 0. The number of aryl methyl sites for hydroxylation is 1. The number of rotatable bonds is 6. The zero-order valence-corrected chi connectivity index (χ0v) is 13.1. The third kappa shape index (κ3) is 3.51. The van der Waals surface area contributed by atoms with Crippen LogP contribution in [-0.2, 0) is 13.0 Å². The van der Waals surface area contributed by atoms with Crippen molar-refractivity contribution < 1.29 is 0 Å². The number of pyridine rings is 1. The van der Waals surface area contributed by atoms with E-state index in [1.807, 2.05) is 12.4 Å². The van der Waals surface area contributed by atoms with E-state index >= 15 is 0 Å². The lowest BCUT2D eigenvalue weighted by atomic mass is 10.1. The molecule has 0 saturated carbocycles. The lowest BCUT2D eigenvalue weighted by Crippen LogP contribution is -2.25. The third-order valence-electron chi connectivity index (χ3n) is 3.15. The van der Waals surface area contributed by atoms with Crippen LogP contribution in [0.25, 0.3) is 0 Å². The monoisotopic (exact) mass is 312 g/mol. The summed E-state index contributed by atoms with van der Waals surface area (Å²) in [5, 5.41) is 4.53. The Balaban J connectivity index is 2.27. The third-order valence-corrected chi connectivity index (χ3v) is 3.66. The summed E-state index contributed by atoms with van der Waals surface area (Å²) in [5.74, 6) is 1.02. The molecule has 2 aromatic heterocycles. The Bertz CT molecular complexity index is 568. The standard InChI is InChI=1S/C14H18Cl2N4/c1-3-17-12(8-13-18-5-6-20(13)4-2)14-11(16)7-10(15)9-19-14/h5-7,9,12,17H,3-4,8H2,1-2H3. The quantitative estimate of drug-likeness (QED) is 0.887. The molecular weight excluding hydrogens is 295 g/mol. The van der Waals surface area contributed by atoms with Crippen LogP contribution in [-0.4, -0.2) is 21.1 Å². The van der Waals surface area contributed by atoms with Crippen molar-refractivity contribution in [2.45, 2.75) is 32.9 Å². The number of hydrogen-bond acceptors (Lipinski definition) is 3. The SMILES string of the molecule is CCNC(Cc1nccn1CC)c1ncc(Cl)cc1Cl. The largest absolute Gasteiger partial charge is 0.335 e. The highest BCUT2D eigenvalue weighted by Crippen LogP contribution is 2.26.